The Morgan fingerprint density at radius 2 is 1.43 bits per heavy atom. The Labute approximate surface area is 179 Å². The summed E-state index contributed by atoms with van der Waals surface area (Å²) >= 11 is 0. The van der Waals surface area contributed by atoms with Gasteiger partial charge in [-0.05, 0) is 65.9 Å². The maximum atomic E-state index is 9.79. The van der Waals surface area contributed by atoms with E-state index >= 15 is 0 Å². The lowest BCUT2D eigenvalue weighted by Gasteiger charge is -2.24. The maximum Gasteiger partial charge on any atom is 0.115 e. The second-order valence-corrected chi connectivity index (χ2v) is 7.63. The highest BCUT2D eigenvalue weighted by Crippen LogP contribution is 2.37. The highest BCUT2D eigenvalue weighted by atomic mass is 16.3. The first-order valence-corrected chi connectivity index (χ1v) is 10.7. The molecule has 0 aliphatic carbocycles. The van der Waals surface area contributed by atoms with E-state index in [4.69, 9.17) is 0 Å². The minimum Gasteiger partial charge on any atom is -0.508 e. The lowest BCUT2D eigenvalue weighted by atomic mass is 9.82. The van der Waals surface area contributed by atoms with Gasteiger partial charge in [0.1, 0.15) is 11.5 Å². The molecule has 3 N–H and O–H groups in total. The quantitative estimate of drug-likeness (QED) is 0.340. The summed E-state index contributed by atoms with van der Waals surface area (Å²) in [4.78, 5) is 0. The van der Waals surface area contributed by atoms with Crippen molar-refractivity contribution in [2.24, 2.45) is 0 Å². The lowest BCUT2D eigenvalue weighted by Crippen LogP contribution is -2.17. The normalized spacial score (nSPS) is 13.6. The van der Waals surface area contributed by atoms with Gasteiger partial charge < -0.3 is 15.5 Å². The van der Waals surface area contributed by atoms with Crippen LogP contribution < -0.4 is 5.32 Å². The van der Waals surface area contributed by atoms with Crippen LogP contribution in [0.25, 0.3) is 5.57 Å². The molecule has 0 bridgehead atoms. The molecule has 30 heavy (non-hydrogen) atoms. The van der Waals surface area contributed by atoms with E-state index in [0.717, 1.165) is 30.5 Å². The van der Waals surface area contributed by atoms with Gasteiger partial charge in [0, 0.05) is 17.6 Å². The molecule has 0 heterocycles. The predicted octanol–water partition coefficient (Wildman–Crippen LogP) is 6.96. The molecule has 3 rings (SSSR count). The minimum atomic E-state index is 0.140. The van der Waals surface area contributed by atoms with E-state index in [1.54, 1.807) is 24.3 Å². The fourth-order valence-electron chi connectivity index (χ4n) is 3.79. The van der Waals surface area contributed by atoms with E-state index in [1.807, 2.05) is 24.3 Å². The monoisotopic (exact) mass is 401 g/mol. The topological polar surface area (TPSA) is 52.5 Å². The van der Waals surface area contributed by atoms with Crippen LogP contribution in [-0.2, 0) is 0 Å². The molecule has 0 spiro atoms. The Kier molecular flexibility index (Phi) is 7.56. The standard InChI is InChI=1S/C27H31NO2/c1-3-8-26(20-9-6-5-7-10-20)27(21-11-15-24(29)16-12-21)19-22(4-2)28-23-13-17-25(30)18-14-23/h5-7,9-19,22,26,28-30H,3-4,8H2,1-2H3/b27-19-. The highest BCUT2D eigenvalue weighted by Gasteiger charge is 2.19. The summed E-state index contributed by atoms with van der Waals surface area (Å²) in [7, 11) is 0. The lowest BCUT2D eigenvalue weighted by molar-refractivity contribution is 0.474. The molecule has 0 saturated heterocycles. The van der Waals surface area contributed by atoms with Crippen molar-refractivity contribution in [3.05, 3.63) is 96.1 Å². The van der Waals surface area contributed by atoms with E-state index in [9.17, 15) is 10.2 Å². The van der Waals surface area contributed by atoms with Gasteiger partial charge in [-0.25, -0.2) is 0 Å². The largest absolute Gasteiger partial charge is 0.508 e. The smallest absolute Gasteiger partial charge is 0.115 e. The summed E-state index contributed by atoms with van der Waals surface area (Å²) in [5.74, 6) is 0.816. The van der Waals surface area contributed by atoms with E-state index in [2.05, 4.69) is 55.6 Å². The number of hydrogen-bond donors (Lipinski definition) is 3. The van der Waals surface area contributed by atoms with E-state index in [1.165, 1.54) is 11.1 Å². The molecule has 3 aromatic carbocycles. The van der Waals surface area contributed by atoms with Crippen molar-refractivity contribution in [1.82, 2.24) is 0 Å². The van der Waals surface area contributed by atoms with Crippen LogP contribution in [0.2, 0.25) is 0 Å². The predicted molar refractivity (Wildman–Crippen MR) is 126 cm³/mol. The molecule has 0 amide bonds. The second-order valence-electron chi connectivity index (χ2n) is 7.63. The summed E-state index contributed by atoms with van der Waals surface area (Å²) in [6.45, 7) is 4.39. The zero-order valence-corrected chi connectivity index (χ0v) is 17.8. The van der Waals surface area contributed by atoms with Crippen LogP contribution in [0.1, 0.15) is 50.2 Å². The molecular formula is C27H31NO2. The summed E-state index contributed by atoms with van der Waals surface area (Å²) in [6.07, 6.45) is 5.38. The van der Waals surface area contributed by atoms with Crippen molar-refractivity contribution >= 4 is 11.3 Å². The summed E-state index contributed by atoms with van der Waals surface area (Å²) in [5, 5.41) is 22.9. The minimum absolute atomic E-state index is 0.140. The molecule has 0 aliphatic heterocycles. The number of hydrogen-bond acceptors (Lipinski definition) is 3. The van der Waals surface area contributed by atoms with Gasteiger partial charge in [-0.15, -0.1) is 0 Å². The SMILES string of the molecule is CCCC(/C(=C\C(CC)Nc1ccc(O)cc1)c1ccc(O)cc1)c1ccccc1. The van der Waals surface area contributed by atoms with E-state index < -0.39 is 0 Å². The zero-order valence-electron chi connectivity index (χ0n) is 17.8. The average molecular weight is 402 g/mol. The van der Waals surface area contributed by atoms with Gasteiger partial charge in [-0.2, -0.15) is 0 Å². The third kappa shape index (κ3) is 5.66. The fourth-order valence-corrected chi connectivity index (χ4v) is 3.79. The van der Waals surface area contributed by atoms with Crippen molar-refractivity contribution in [2.45, 2.75) is 45.1 Å². The van der Waals surface area contributed by atoms with Gasteiger partial charge in [0.15, 0.2) is 0 Å². The first-order chi connectivity index (χ1) is 14.6. The van der Waals surface area contributed by atoms with Crippen molar-refractivity contribution in [1.29, 1.82) is 0 Å². The highest BCUT2D eigenvalue weighted by molar-refractivity contribution is 5.73. The number of nitrogens with one attached hydrogen (secondary N) is 1. The first-order valence-electron chi connectivity index (χ1n) is 10.7. The Morgan fingerprint density at radius 3 is 2.00 bits per heavy atom. The van der Waals surface area contributed by atoms with Gasteiger partial charge in [-0.3, -0.25) is 0 Å². The number of anilines is 1. The molecule has 0 aromatic heterocycles. The molecule has 0 radical (unpaired) electrons. The van der Waals surface area contributed by atoms with Crippen molar-refractivity contribution in [3.8, 4) is 11.5 Å². The Bertz CT molecular complexity index is 931. The number of phenolic OH excluding ortho intramolecular Hbond substituents is 2. The van der Waals surface area contributed by atoms with Gasteiger partial charge in [0.05, 0.1) is 0 Å². The Morgan fingerprint density at radius 1 is 0.833 bits per heavy atom. The van der Waals surface area contributed by atoms with Crippen molar-refractivity contribution < 1.29 is 10.2 Å². The second kappa shape index (κ2) is 10.5. The molecule has 0 aliphatic rings. The maximum absolute atomic E-state index is 9.79. The van der Waals surface area contributed by atoms with Gasteiger partial charge in [0.25, 0.3) is 0 Å². The zero-order chi connectivity index (χ0) is 21.3. The molecule has 2 atom stereocenters. The average Bonchev–Trinajstić information content (AvgIpc) is 2.78. The Balaban J connectivity index is 2.02. The summed E-state index contributed by atoms with van der Waals surface area (Å²) < 4.78 is 0. The molecule has 0 fully saturated rings. The molecule has 3 aromatic rings. The first kappa shape index (κ1) is 21.5. The van der Waals surface area contributed by atoms with Crippen molar-refractivity contribution in [2.75, 3.05) is 5.32 Å². The molecule has 3 nitrogen and oxygen atoms in total. The molecular weight excluding hydrogens is 370 g/mol. The van der Waals surface area contributed by atoms with Crippen LogP contribution in [0.3, 0.4) is 0 Å². The van der Waals surface area contributed by atoms with Crippen LogP contribution in [0.5, 0.6) is 11.5 Å². The van der Waals surface area contributed by atoms with Crippen LogP contribution in [0.4, 0.5) is 5.69 Å². The van der Waals surface area contributed by atoms with Gasteiger partial charge in [-0.1, -0.05) is 68.8 Å². The third-order valence-electron chi connectivity index (χ3n) is 5.40. The van der Waals surface area contributed by atoms with Gasteiger partial charge in [0.2, 0.25) is 0 Å². The molecule has 2 unspecified atom stereocenters. The summed E-state index contributed by atoms with van der Waals surface area (Å²) in [6, 6.07) is 25.5. The van der Waals surface area contributed by atoms with Crippen LogP contribution in [-0.4, -0.2) is 16.3 Å². The van der Waals surface area contributed by atoms with E-state index in [0.29, 0.717) is 0 Å². The molecule has 3 heteroatoms. The Hall–Kier alpha value is -3.20. The van der Waals surface area contributed by atoms with Crippen molar-refractivity contribution in [3.63, 3.8) is 0 Å². The van der Waals surface area contributed by atoms with Crippen LogP contribution >= 0.6 is 0 Å². The summed E-state index contributed by atoms with van der Waals surface area (Å²) in [5.41, 5.74) is 4.67. The number of phenols is 2. The number of benzene rings is 3. The number of aromatic hydroxyl groups is 2. The van der Waals surface area contributed by atoms with E-state index in [-0.39, 0.29) is 23.5 Å². The van der Waals surface area contributed by atoms with Crippen LogP contribution in [0.15, 0.2) is 84.9 Å². The fraction of sp³-hybridized carbons (Fsp3) is 0.259. The molecule has 156 valence electrons. The number of rotatable bonds is 9. The molecule has 0 saturated carbocycles. The van der Waals surface area contributed by atoms with Crippen LogP contribution in [0, 0.1) is 0 Å². The number of allylic oxidation sites excluding steroid dienone is 1. The van der Waals surface area contributed by atoms with Gasteiger partial charge >= 0.3 is 0 Å². The third-order valence-corrected chi connectivity index (χ3v) is 5.40.